The van der Waals surface area contributed by atoms with Gasteiger partial charge in [0.25, 0.3) is 5.91 Å². The molecule has 2 aromatic rings. The van der Waals surface area contributed by atoms with E-state index in [4.69, 9.17) is 14.7 Å². The number of ether oxygens (including phenoxy) is 2. The standard InChI is InChI=1S/C19H18N2O4/c1-13(25-16-11-7-6-10-15(16)12-20)18(22)21-17(19(23)24-2)14-8-4-3-5-9-14/h3-11,13,17H,1-2H3,(H,21,22)/t13-,17-/m1/s1. The molecule has 0 spiro atoms. The second kappa shape index (κ2) is 8.50. The zero-order valence-electron chi connectivity index (χ0n) is 13.9. The molecule has 0 bridgehead atoms. The van der Waals surface area contributed by atoms with E-state index in [1.54, 1.807) is 55.5 Å². The monoisotopic (exact) mass is 338 g/mol. The van der Waals surface area contributed by atoms with Gasteiger partial charge in [0, 0.05) is 0 Å². The Morgan fingerprint density at radius 2 is 1.72 bits per heavy atom. The van der Waals surface area contributed by atoms with Gasteiger partial charge in [0.15, 0.2) is 12.1 Å². The van der Waals surface area contributed by atoms with Crippen molar-refractivity contribution in [2.24, 2.45) is 0 Å². The summed E-state index contributed by atoms with van der Waals surface area (Å²) in [5, 5.41) is 11.7. The SMILES string of the molecule is COC(=O)[C@H](NC(=O)[C@@H](C)Oc1ccccc1C#N)c1ccccc1. The fourth-order valence-corrected chi connectivity index (χ4v) is 2.21. The molecule has 2 rings (SSSR count). The van der Waals surface area contributed by atoms with Crippen molar-refractivity contribution in [2.75, 3.05) is 7.11 Å². The summed E-state index contributed by atoms with van der Waals surface area (Å²) in [5.41, 5.74) is 0.932. The fraction of sp³-hybridized carbons (Fsp3) is 0.211. The molecule has 0 saturated carbocycles. The van der Waals surface area contributed by atoms with E-state index in [1.165, 1.54) is 7.11 Å². The highest BCUT2D eigenvalue weighted by Gasteiger charge is 2.26. The van der Waals surface area contributed by atoms with Crippen LogP contribution in [0.1, 0.15) is 24.1 Å². The Hall–Kier alpha value is -3.33. The molecule has 0 aliphatic heterocycles. The molecule has 0 aliphatic rings. The maximum atomic E-state index is 12.4. The predicted octanol–water partition coefficient (Wildman–Crippen LogP) is 2.36. The number of nitrogens with zero attached hydrogens (tertiary/aromatic N) is 1. The molecule has 0 aliphatic carbocycles. The molecule has 0 saturated heterocycles. The third kappa shape index (κ3) is 4.58. The van der Waals surface area contributed by atoms with Gasteiger partial charge in [0.05, 0.1) is 12.7 Å². The summed E-state index contributed by atoms with van der Waals surface area (Å²) in [4.78, 5) is 24.4. The first kappa shape index (κ1) is 18.0. The van der Waals surface area contributed by atoms with Crippen LogP contribution in [0.2, 0.25) is 0 Å². The van der Waals surface area contributed by atoms with E-state index in [2.05, 4.69) is 5.32 Å². The van der Waals surface area contributed by atoms with Gasteiger partial charge in [-0.25, -0.2) is 4.79 Å². The lowest BCUT2D eigenvalue weighted by Crippen LogP contribution is -2.41. The van der Waals surface area contributed by atoms with Crippen molar-refractivity contribution in [1.82, 2.24) is 5.32 Å². The van der Waals surface area contributed by atoms with Gasteiger partial charge in [-0.2, -0.15) is 5.26 Å². The predicted molar refractivity (Wildman–Crippen MR) is 90.6 cm³/mol. The van der Waals surface area contributed by atoms with Crippen molar-refractivity contribution >= 4 is 11.9 Å². The summed E-state index contributed by atoms with van der Waals surface area (Å²) in [6.45, 7) is 1.54. The Balaban J connectivity index is 2.12. The number of amides is 1. The Bertz CT molecular complexity index is 784. The van der Waals surface area contributed by atoms with Crippen molar-refractivity contribution in [3.63, 3.8) is 0 Å². The van der Waals surface area contributed by atoms with Crippen LogP contribution in [0.3, 0.4) is 0 Å². The topological polar surface area (TPSA) is 88.4 Å². The van der Waals surface area contributed by atoms with Crippen LogP contribution in [0.25, 0.3) is 0 Å². The summed E-state index contributed by atoms with van der Waals surface area (Å²) in [6, 6.07) is 16.5. The Labute approximate surface area is 146 Å². The van der Waals surface area contributed by atoms with Crippen LogP contribution >= 0.6 is 0 Å². The average Bonchev–Trinajstić information content (AvgIpc) is 2.66. The number of benzene rings is 2. The molecule has 0 radical (unpaired) electrons. The van der Waals surface area contributed by atoms with Crippen LogP contribution in [0, 0.1) is 11.3 Å². The summed E-state index contributed by atoms with van der Waals surface area (Å²) in [6.07, 6.45) is -0.898. The number of nitrogens with one attached hydrogen (secondary N) is 1. The van der Waals surface area contributed by atoms with Crippen LogP contribution in [0.15, 0.2) is 54.6 Å². The molecule has 0 aromatic heterocycles. The first-order valence-corrected chi connectivity index (χ1v) is 7.65. The second-order valence-electron chi connectivity index (χ2n) is 5.24. The molecule has 0 heterocycles. The largest absolute Gasteiger partial charge is 0.480 e. The van der Waals surface area contributed by atoms with Crippen molar-refractivity contribution in [3.8, 4) is 11.8 Å². The number of carbonyl (C=O) groups excluding carboxylic acids is 2. The van der Waals surface area contributed by atoms with Gasteiger partial charge < -0.3 is 14.8 Å². The van der Waals surface area contributed by atoms with E-state index in [0.29, 0.717) is 16.9 Å². The molecule has 6 nitrogen and oxygen atoms in total. The van der Waals surface area contributed by atoms with Gasteiger partial charge in [-0.3, -0.25) is 4.79 Å². The highest BCUT2D eigenvalue weighted by Crippen LogP contribution is 2.19. The van der Waals surface area contributed by atoms with Crippen LogP contribution in [0.4, 0.5) is 0 Å². The smallest absolute Gasteiger partial charge is 0.333 e. The summed E-state index contributed by atoms with van der Waals surface area (Å²) in [7, 11) is 1.26. The number of esters is 1. The molecule has 1 N–H and O–H groups in total. The molecular formula is C19H18N2O4. The van der Waals surface area contributed by atoms with Crippen molar-refractivity contribution < 1.29 is 19.1 Å². The van der Waals surface area contributed by atoms with Gasteiger partial charge >= 0.3 is 5.97 Å². The lowest BCUT2D eigenvalue weighted by Gasteiger charge is -2.20. The summed E-state index contributed by atoms with van der Waals surface area (Å²) < 4.78 is 10.3. The van der Waals surface area contributed by atoms with Gasteiger partial charge in [-0.05, 0) is 24.6 Å². The second-order valence-corrected chi connectivity index (χ2v) is 5.24. The number of rotatable bonds is 6. The van der Waals surface area contributed by atoms with Crippen molar-refractivity contribution in [2.45, 2.75) is 19.1 Å². The Morgan fingerprint density at radius 1 is 1.08 bits per heavy atom. The van der Waals surface area contributed by atoms with Crippen molar-refractivity contribution in [3.05, 3.63) is 65.7 Å². The third-order valence-electron chi connectivity index (χ3n) is 3.54. The first-order valence-electron chi connectivity index (χ1n) is 7.65. The molecule has 0 fully saturated rings. The highest BCUT2D eigenvalue weighted by atomic mass is 16.5. The molecule has 2 atom stereocenters. The minimum absolute atomic E-state index is 0.307. The number of nitriles is 1. The van der Waals surface area contributed by atoms with Gasteiger partial charge in [0.2, 0.25) is 0 Å². The first-order chi connectivity index (χ1) is 12.1. The molecule has 2 aromatic carbocycles. The zero-order chi connectivity index (χ0) is 18.2. The Kier molecular flexibility index (Phi) is 6.13. The minimum Gasteiger partial charge on any atom is -0.480 e. The molecule has 25 heavy (non-hydrogen) atoms. The van der Waals surface area contributed by atoms with Gasteiger partial charge in [-0.15, -0.1) is 0 Å². The van der Waals surface area contributed by atoms with Gasteiger partial charge in [-0.1, -0.05) is 42.5 Å². The minimum atomic E-state index is -0.934. The molecule has 0 unspecified atom stereocenters. The number of carbonyl (C=O) groups is 2. The van der Waals surface area contributed by atoms with E-state index in [-0.39, 0.29) is 0 Å². The number of hydrogen-bond acceptors (Lipinski definition) is 5. The summed E-state index contributed by atoms with van der Waals surface area (Å²) >= 11 is 0. The van der Waals surface area contributed by atoms with E-state index in [0.717, 1.165) is 0 Å². The maximum absolute atomic E-state index is 12.4. The molecular weight excluding hydrogens is 320 g/mol. The Morgan fingerprint density at radius 3 is 2.36 bits per heavy atom. The molecule has 6 heteroatoms. The van der Waals surface area contributed by atoms with Gasteiger partial charge in [0.1, 0.15) is 11.8 Å². The molecule has 1 amide bonds. The van der Waals surface area contributed by atoms with E-state index in [9.17, 15) is 9.59 Å². The van der Waals surface area contributed by atoms with E-state index in [1.807, 2.05) is 12.1 Å². The quantitative estimate of drug-likeness (QED) is 0.817. The zero-order valence-corrected chi connectivity index (χ0v) is 13.9. The van der Waals surface area contributed by atoms with E-state index >= 15 is 0 Å². The highest BCUT2D eigenvalue weighted by molar-refractivity contribution is 5.87. The molecule has 128 valence electrons. The van der Waals surface area contributed by atoms with Crippen LogP contribution in [-0.4, -0.2) is 25.1 Å². The number of methoxy groups -OCH3 is 1. The van der Waals surface area contributed by atoms with Crippen molar-refractivity contribution in [1.29, 1.82) is 5.26 Å². The third-order valence-corrected chi connectivity index (χ3v) is 3.54. The number of para-hydroxylation sites is 1. The van der Waals surface area contributed by atoms with E-state index < -0.39 is 24.0 Å². The summed E-state index contributed by atoms with van der Waals surface area (Å²) in [5.74, 6) is -0.766. The van der Waals surface area contributed by atoms with Crippen LogP contribution in [0.5, 0.6) is 5.75 Å². The number of hydrogen-bond donors (Lipinski definition) is 1. The normalized spacial score (nSPS) is 12.4. The van der Waals surface area contributed by atoms with Crippen LogP contribution < -0.4 is 10.1 Å². The fourth-order valence-electron chi connectivity index (χ4n) is 2.21. The van der Waals surface area contributed by atoms with Crippen LogP contribution in [-0.2, 0) is 14.3 Å². The lowest BCUT2D eigenvalue weighted by molar-refractivity contribution is -0.146. The average molecular weight is 338 g/mol. The maximum Gasteiger partial charge on any atom is 0.333 e. The lowest BCUT2D eigenvalue weighted by atomic mass is 10.1.